The summed E-state index contributed by atoms with van der Waals surface area (Å²) in [5, 5.41) is 1.90. The van der Waals surface area contributed by atoms with Crippen molar-refractivity contribution in [3.63, 3.8) is 0 Å². The molecule has 0 unspecified atom stereocenters. The maximum Gasteiger partial charge on any atom is 0.264 e. The Bertz CT molecular complexity index is 972. The van der Waals surface area contributed by atoms with E-state index in [1.165, 1.54) is 11.3 Å². The summed E-state index contributed by atoms with van der Waals surface area (Å²) in [4.78, 5) is 34.2. The number of aromatic nitrogens is 1. The molecule has 0 atom stereocenters. The molecular weight excluding hydrogens is 374 g/mol. The highest BCUT2D eigenvalue weighted by atomic mass is 32.1. The standard InChI is InChI=1S/C21H23N3O3S/c1-2-3-6-19-22-16-14-15(7-8-17(16)27-19)20(25)23-9-11-24(12-10-23)21(26)18-5-4-13-28-18/h4-5,7-8,13-14H,2-3,6,9-12H2,1H3. The molecule has 0 radical (unpaired) electrons. The van der Waals surface area contributed by atoms with Crippen LogP contribution in [-0.2, 0) is 6.42 Å². The van der Waals surface area contributed by atoms with Gasteiger partial charge in [-0.2, -0.15) is 0 Å². The molecule has 4 rings (SSSR count). The van der Waals surface area contributed by atoms with Crippen LogP contribution < -0.4 is 0 Å². The minimum Gasteiger partial charge on any atom is -0.441 e. The first kappa shape index (κ1) is 18.7. The zero-order chi connectivity index (χ0) is 19.5. The van der Waals surface area contributed by atoms with Gasteiger partial charge in [0.15, 0.2) is 11.5 Å². The lowest BCUT2D eigenvalue weighted by molar-refractivity contribution is 0.0538. The summed E-state index contributed by atoms with van der Waals surface area (Å²) in [6.07, 6.45) is 2.94. The van der Waals surface area contributed by atoms with Crippen molar-refractivity contribution in [1.29, 1.82) is 0 Å². The number of unbranched alkanes of at least 4 members (excludes halogenated alkanes) is 1. The molecule has 3 aromatic rings. The van der Waals surface area contributed by atoms with Gasteiger partial charge in [0.05, 0.1) is 4.88 Å². The van der Waals surface area contributed by atoms with Crippen molar-refractivity contribution in [2.75, 3.05) is 26.2 Å². The van der Waals surface area contributed by atoms with E-state index in [1.54, 1.807) is 17.0 Å². The number of carbonyl (C=O) groups excluding carboxylic acids is 2. The molecule has 1 aromatic carbocycles. The Kier molecular flexibility index (Phi) is 5.43. The molecule has 2 aromatic heterocycles. The third-order valence-electron chi connectivity index (χ3n) is 5.01. The topological polar surface area (TPSA) is 66.7 Å². The molecule has 146 valence electrons. The second-order valence-corrected chi connectivity index (χ2v) is 7.90. The molecule has 0 saturated carbocycles. The molecule has 6 nitrogen and oxygen atoms in total. The minimum absolute atomic E-state index is 0.0248. The maximum atomic E-state index is 12.9. The number of carbonyl (C=O) groups is 2. The second kappa shape index (κ2) is 8.14. The number of thiophene rings is 1. The van der Waals surface area contributed by atoms with E-state index in [2.05, 4.69) is 11.9 Å². The van der Waals surface area contributed by atoms with Crippen LogP contribution in [0.3, 0.4) is 0 Å². The van der Waals surface area contributed by atoms with E-state index in [1.807, 2.05) is 28.5 Å². The third kappa shape index (κ3) is 3.80. The molecule has 1 aliphatic heterocycles. The molecule has 3 heterocycles. The van der Waals surface area contributed by atoms with Gasteiger partial charge in [0.25, 0.3) is 11.8 Å². The average molecular weight is 398 g/mol. The van der Waals surface area contributed by atoms with Gasteiger partial charge < -0.3 is 14.2 Å². The summed E-state index contributed by atoms with van der Waals surface area (Å²) in [6.45, 7) is 4.31. The Balaban J connectivity index is 1.41. The van der Waals surface area contributed by atoms with Gasteiger partial charge in [-0.25, -0.2) is 4.98 Å². The number of nitrogens with zero attached hydrogens (tertiary/aromatic N) is 3. The average Bonchev–Trinajstić information content (AvgIpc) is 3.40. The quantitative estimate of drug-likeness (QED) is 0.656. The highest BCUT2D eigenvalue weighted by Crippen LogP contribution is 2.20. The monoisotopic (exact) mass is 397 g/mol. The number of amides is 2. The van der Waals surface area contributed by atoms with Gasteiger partial charge in [-0.05, 0) is 36.1 Å². The SMILES string of the molecule is CCCCc1nc2cc(C(=O)N3CCN(C(=O)c4cccs4)CC3)ccc2o1. The number of piperazine rings is 1. The fourth-order valence-electron chi connectivity index (χ4n) is 3.39. The fourth-order valence-corrected chi connectivity index (χ4v) is 4.09. The highest BCUT2D eigenvalue weighted by molar-refractivity contribution is 7.12. The molecule has 0 aliphatic carbocycles. The Morgan fingerprint density at radius 3 is 2.54 bits per heavy atom. The van der Waals surface area contributed by atoms with Crippen molar-refractivity contribution in [1.82, 2.24) is 14.8 Å². The first-order valence-electron chi connectivity index (χ1n) is 9.67. The lowest BCUT2D eigenvalue weighted by atomic mass is 10.1. The van der Waals surface area contributed by atoms with Crippen LogP contribution in [0.1, 0.15) is 45.7 Å². The summed E-state index contributed by atoms with van der Waals surface area (Å²) in [5.74, 6) is 0.746. The van der Waals surface area contributed by atoms with Gasteiger partial charge in [-0.15, -0.1) is 11.3 Å². The number of hydrogen-bond acceptors (Lipinski definition) is 5. The summed E-state index contributed by atoms with van der Waals surface area (Å²) < 4.78 is 5.75. The van der Waals surface area contributed by atoms with E-state index in [9.17, 15) is 9.59 Å². The normalized spacial score (nSPS) is 14.6. The Hall–Kier alpha value is -2.67. The number of fused-ring (bicyclic) bond motifs is 1. The molecule has 28 heavy (non-hydrogen) atoms. The Morgan fingerprint density at radius 2 is 1.86 bits per heavy atom. The van der Waals surface area contributed by atoms with Crippen LogP contribution in [0.25, 0.3) is 11.1 Å². The molecule has 0 bridgehead atoms. The van der Waals surface area contributed by atoms with Crippen LogP contribution in [0, 0.1) is 0 Å². The maximum absolute atomic E-state index is 12.9. The van der Waals surface area contributed by atoms with Crippen molar-refractivity contribution in [3.8, 4) is 0 Å². The summed E-state index contributed by atoms with van der Waals surface area (Å²) >= 11 is 1.45. The van der Waals surface area contributed by atoms with Crippen molar-refractivity contribution >= 4 is 34.3 Å². The van der Waals surface area contributed by atoms with Gasteiger partial charge in [0.2, 0.25) is 0 Å². The van der Waals surface area contributed by atoms with Crippen molar-refractivity contribution < 1.29 is 14.0 Å². The highest BCUT2D eigenvalue weighted by Gasteiger charge is 2.26. The molecular formula is C21H23N3O3S. The van der Waals surface area contributed by atoms with E-state index in [-0.39, 0.29) is 11.8 Å². The van der Waals surface area contributed by atoms with E-state index in [4.69, 9.17) is 4.42 Å². The number of benzene rings is 1. The molecule has 2 amide bonds. The van der Waals surface area contributed by atoms with Gasteiger partial charge in [0.1, 0.15) is 5.52 Å². The molecule has 1 fully saturated rings. The van der Waals surface area contributed by atoms with Crippen LogP contribution in [0.15, 0.2) is 40.1 Å². The fraction of sp³-hybridized carbons (Fsp3) is 0.381. The minimum atomic E-state index is -0.0248. The van der Waals surface area contributed by atoms with Gasteiger partial charge in [-0.3, -0.25) is 9.59 Å². The zero-order valence-electron chi connectivity index (χ0n) is 15.9. The third-order valence-corrected chi connectivity index (χ3v) is 5.87. The van der Waals surface area contributed by atoms with Crippen LogP contribution >= 0.6 is 11.3 Å². The van der Waals surface area contributed by atoms with Crippen LogP contribution in [-0.4, -0.2) is 52.8 Å². The second-order valence-electron chi connectivity index (χ2n) is 6.96. The van der Waals surface area contributed by atoms with E-state index < -0.39 is 0 Å². The first-order chi connectivity index (χ1) is 13.7. The van der Waals surface area contributed by atoms with Gasteiger partial charge >= 0.3 is 0 Å². The molecule has 7 heteroatoms. The molecule has 1 aliphatic rings. The van der Waals surface area contributed by atoms with E-state index in [0.717, 1.165) is 35.5 Å². The van der Waals surface area contributed by atoms with E-state index in [0.29, 0.717) is 37.3 Å². The van der Waals surface area contributed by atoms with Crippen LogP contribution in [0.4, 0.5) is 0 Å². The Labute approximate surface area is 167 Å². The number of oxazole rings is 1. The van der Waals surface area contributed by atoms with Crippen molar-refractivity contribution in [3.05, 3.63) is 52.0 Å². The van der Waals surface area contributed by atoms with Crippen molar-refractivity contribution in [2.24, 2.45) is 0 Å². The number of rotatable bonds is 5. The molecule has 0 spiro atoms. The van der Waals surface area contributed by atoms with Crippen LogP contribution in [0.5, 0.6) is 0 Å². The van der Waals surface area contributed by atoms with E-state index >= 15 is 0 Å². The summed E-state index contributed by atoms with van der Waals surface area (Å²) in [7, 11) is 0. The number of hydrogen-bond donors (Lipinski definition) is 0. The number of aryl methyl sites for hydroxylation is 1. The zero-order valence-corrected chi connectivity index (χ0v) is 16.7. The van der Waals surface area contributed by atoms with Crippen molar-refractivity contribution in [2.45, 2.75) is 26.2 Å². The summed E-state index contributed by atoms with van der Waals surface area (Å²) in [5.41, 5.74) is 2.05. The lowest BCUT2D eigenvalue weighted by Crippen LogP contribution is -2.50. The van der Waals surface area contributed by atoms with Crippen LogP contribution in [0.2, 0.25) is 0 Å². The Morgan fingerprint density at radius 1 is 1.11 bits per heavy atom. The summed E-state index contributed by atoms with van der Waals surface area (Å²) in [6, 6.07) is 9.14. The first-order valence-corrected chi connectivity index (χ1v) is 10.5. The predicted octanol–water partition coefficient (Wildman–Crippen LogP) is 3.83. The molecule has 1 saturated heterocycles. The van der Waals surface area contributed by atoms with Gasteiger partial charge in [-0.1, -0.05) is 19.4 Å². The largest absolute Gasteiger partial charge is 0.441 e. The molecule has 0 N–H and O–H groups in total. The van der Waals surface area contributed by atoms with Gasteiger partial charge in [0, 0.05) is 38.2 Å². The lowest BCUT2D eigenvalue weighted by Gasteiger charge is -2.34. The predicted molar refractivity (Wildman–Crippen MR) is 109 cm³/mol. The smallest absolute Gasteiger partial charge is 0.264 e.